The number of nitrogens with zero attached hydrogens (tertiary/aromatic N) is 2. The predicted octanol–water partition coefficient (Wildman–Crippen LogP) is 3.25. The summed E-state index contributed by atoms with van der Waals surface area (Å²) in [6, 6.07) is 0. The first-order valence-corrected chi connectivity index (χ1v) is 8.98. The Labute approximate surface area is 131 Å². The Bertz CT molecular complexity index is 324. The molecule has 2 rings (SSSR count). The third-order valence-electron chi connectivity index (χ3n) is 5.53. The highest BCUT2D eigenvalue weighted by Gasteiger charge is 2.27. The normalized spacial score (nSPS) is 28.4. The van der Waals surface area contributed by atoms with Crippen LogP contribution in [-0.2, 0) is 4.79 Å². The lowest BCUT2D eigenvalue weighted by Gasteiger charge is -2.39. The molecule has 0 aromatic rings. The van der Waals surface area contributed by atoms with Crippen molar-refractivity contribution in [1.29, 1.82) is 0 Å². The van der Waals surface area contributed by atoms with Crippen molar-refractivity contribution in [3.05, 3.63) is 0 Å². The van der Waals surface area contributed by atoms with Gasteiger partial charge < -0.3 is 4.90 Å². The van der Waals surface area contributed by atoms with Crippen LogP contribution in [0.25, 0.3) is 0 Å². The van der Waals surface area contributed by atoms with Gasteiger partial charge in [-0.05, 0) is 43.4 Å². The highest BCUT2D eigenvalue weighted by atomic mass is 16.2. The van der Waals surface area contributed by atoms with Gasteiger partial charge in [0.05, 0.1) is 0 Å². The quantitative estimate of drug-likeness (QED) is 0.794. The Kier molecular flexibility index (Phi) is 6.09. The van der Waals surface area contributed by atoms with Crippen molar-refractivity contribution in [2.75, 3.05) is 32.7 Å². The fourth-order valence-corrected chi connectivity index (χ4v) is 3.92. The largest absolute Gasteiger partial charge is 0.340 e. The molecule has 0 bridgehead atoms. The number of carbonyl (C=O) groups is 1. The van der Waals surface area contributed by atoms with Crippen molar-refractivity contribution in [1.82, 2.24) is 9.80 Å². The number of hydrogen-bond donors (Lipinski definition) is 0. The van der Waals surface area contributed by atoms with Crippen LogP contribution in [0.4, 0.5) is 0 Å². The van der Waals surface area contributed by atoms with E-state index in [9.17, 15) is 4.79 Å². The highest BCUT2D eigenvalue weighted by molar-refractivity contribution is 5.78. The third-order valence-corrected chi connectivity index (χ3v) is 5.53. The fourth-order valence-electron chi connectivity index (χ4n) is 3.92. The highest BCUT2D eigenvalue weighted by Crippen LogP contribution is 2.33. The van der Waals surface area contributed by atoms with E-state index in [0.717, 1.165) is 43.9 Å². The topological polar surface area (TPSA) is 23.6 Å². The SMILES string of the molecule is CC(C)C(=O)N1CCN(C[C@H]2CC[C@H](C(C)C)CC2)CC1. The number of carbonyl (C=O) groups excluding carboxylic acids is 1. The summed E-state index contributed by atoms with van der Waals surface area (Å²) in [4.78, 5) is 16.6. The molecule has 1 amide bonds. The summed E-state index contributed by atoms with van der Waals surface area (Å²) < 4.78 is 0. The monoisotopic (exact) mass is 294 g/mol. The standard InChI is InChI=1S/C18H34N2O/c1-14(2)17-7-5-16(6-8-17)13-19-9-11-20(12-10-19)18(21)15(3)4/h14-17H,5-13H2,1-4H3/t16-,17-. The molecule has 0 spiro atoms. The van der Waals surface area contributed by atoms with Gasteiger partial charge in [-0.2, -0.15) is 0 Å². The van der Waals surface area contributed by atoms with E-state index in [1.54, 1.807) is 0 Å². The van der Waals surface area contributed by atoms with E-state index in [0.29, 0.717) is 5.91 Å². The van der Waals surface area contributed by atoms with Gasteiger partial charge in [-0.3, -0.25) is 9.69 Å². The Hall–Kier alpha value is -0.570. The molecule has 0 unspecified atom stereocenters. The van der Waals surface area contributed by atoms with Crippen LogP contribution in [0.3, 0.4) is 0 Å². The van der Waals surface area contributed by atoms with Crippen LogP contribution in [0, 0.1) is 23.7 Å². The van der Waals surface area contributed by atoms with Gasteiger partial charge in [0.2, 0.25) is 5.91 Å². The lowest BCUT2D eigenvalue weighted by atomic mass is 9.77. The van der Waals surface area contributed by atoms with E-state index in [2.05, 4.69) is 23.6 Å². The summed E-state index contributed by atoms with van der Waals surface area (Å²) in [5.74, 6) is 3.18. The summed E-state index contributed by atoms with van der Waals surface area (Å²) in [7, 11) is 0. The van der Waals surface area contributed by atoms with Crippen molar-refractivity contribution in [2.45, 2.75) is 53.4 Å². The smallest absolute Gasteiger partial charge is 0.225 e. The summed E-state index contributed by atoms with van der Waals surface area (Å²) >= 11 is 0. The van der Waals surface area contributed by atoms with E-state index < -0.39 is 0 Å². The lowest BCUT2D eigenvalue weighted by molar-refractivity contribution is -0.136. The molecule has 1 saturated carbocycles. The molecule has 0 aromatic heterocycles. The maximum atomic E-state index is 12.0. The minimum absolute atomic E-state index is 0.142. The van der Waals surface area contributed by atoms with Crippen LogP contribution in [0.15, 0.2) is 0 Å². The fraction of sp³-hybridized carbons (Fsp3) is 0.944. The average molecular weight is 294 g/mol. The summed E-state index contributed by atoms with van der Waals surface area (Å²) in [6.07, 6.45) is 5.67. The van der Waals surface area contributed by atoms with Gasteiger partial charge in [0.15, 0.2) is 0 Å². The zero-order valence-electron chi connectivity index (χ0n) is 14.5. The van der Waals surface area contributed by atoms with Crippen molar-refractivity contribution in [3.63, 3.8) is 0 Å². The first-order chi connectivity index (χ1) is 9.97. The molecule has 122 valence electrons. The molecule has 1 saturated heterocycles. The second-order valence-corrected chi connectivity index (χ2v) is 7.81. The van der Waals surface area contributed by atoms with Crippen LogP contribution in [0.5, 0.6) is 0 Å². The minimum Gasteiger partial charge on any atom is -0.340 e. The van der Waals surface area contributed by atoms with Crippen LogP contribution in [0.2, 0.25) is 0 Å². The Morgan fingerprint density at radius 3 is 2.00 bits per heavy atom. The molecule has 0 radical (unpaired) electrons. The van der Waals surface area contributed by atoms with Gasteiger partial charge in [0.1, 0.15) is 0 Å². The maximum Gasteiger partial charge on any atom is 0.225 e. The van der Waals surface area contributed by atoms with Crippen molar-refractivity contribution in [3.8, 4) is 0 Å². The van der Waals surface area contributed by atoms with Crippen LogP contribution < -0.4 is 0 Å². The number of piperazine rings is 1. The zero-order valence-corrected chi connectivity index (χ0v) is 14.5. The summed E-state index contributed by atoms with van der Waals surface area (Å²) in [5, 5.41) is 0. The van der Waals surface area contributed by atoms with Gasteiger partial charge in [0, 0.05) is 38.6 Å². The Balaban J connectivity index is 1.69. The molecule has 0 N–H and O–H groups in total. The van der Waals surface area contributed by atoms with Crippen molar-refractivity contribution < 1.29 is 4.79 Å². The molecular weight excluding hydrogens is 260 g/mol. The average Bonchev–Trinajstić information content (AvgIpc) is 2.47. The van der Waals surface area contributed by atoms with Crippen molar-refractivity contribution in [2.24, 2.45) is 23.7 Å². The van der Waals surface area contributed by atoms with Crippen LogP contribution in [0.1, 0.15) is 53.4 Å². The molecule has 3 heteroatoms. The predicted molar refractivity (Wildman–Crippen MR) is 88.1 cm³/mol. The molecule has 0 aromatic carbocycles. The molecular formula is C18H34N2O. The van der Waals surface area contributed by atoms with Gasteiger partial charge >= 0.3 is 0 Å². The zero-order chi connectivity index (χ0) is 15.4. The molecule has 3 nitrogen and oxygen atoms in total. The van der Waals surface area contributed by atoms with Crippen LogP contribution in [-0.4, -0.2) is 48.4 Å². The second-order valence-electron chi connectivity index (χ2n) is 7.81. The third kappa shape index (κ3) is 4.70. The van der Waals surface area contributed by atoms with E-state index in [1.807, 2.05) is 13.8 Å². The molecule has 1 aliphatic heterocycles. The maximum absolute atomic E-state index is 12.0. The lowest BCUT2D eigenvalue weighted by Crippen LogP contribution is -2.50. The number of rotatable bonds is 4. The number of hydrogen-bond acceptors (Lipinski definition) is 2. The molecule has 21 heavy (non-hydrogen) atoms. The van der Waals surface area contributed by atoms with E-state index in [1.165, 1.54) is 32.2 Å². The van der Waals surface area contributed by atoms with E-state index in [4.69, 9.17) is 0 Å². The van der Waals surface area contributed by atoms with Crippen LogP contribution >= 0.6 is 0 Å². The van der Waals surface area contributed by atoms with Crippen molar-refractivity contribution >= 4 is 5.91 Å². The first kappa shape index (κ1) is 16.8. The van der Waals surface area contributed by atoms with Gasteiger partial charge in [-0.1, -0.05) is 27.7 Å². The number of amides is 1. The van der Waals surface area contributed by atoms with Gasteiger partial charge in [0.25, 0.3) is 0 Å². The molecule has 2 aliphatic rings. The van der Waals surface area contributed by atoms with E-state index in [-0.39, 0.29) is 5.92 Å². The molecule has 2 fully saturated rings. The minimum atomic E-state index is 0.142. The molecule has 0 atom stereocenters. The molecule has 1 heterocycles. The Morgan fingerprint density at radius 2 is 1.52 bits per heavy atom. The van der Waals surface area contributed by atoms with Gasteiger partial charge in [-0.25, -0.2) is 0 Å². The first-order valence-electron chi connectivity index (χ1n) is 8.98. The summed E-state index contributed by atoms with van der Waals surface area (Å²) in [6.45, 7) is 14.0. The Morgan fingerprint density at radius 1 is 0.952 bits per heavy atom. The van der Waals surface area contributed by atoms with E-state index >= 15 is 0 Å². The molecule has 1 aliphatic carbocycles. The van der Waals surface area contributed by atoms with Gasteiger partial charge in [-0.15, -0.1) is 0 Å². The summed E-state index contributed by atoms with van der Waals surface area (Å²) in [5.41, 5.74) is 0. The second kappa shape index (κ2) is 7.62.